The summed E-state index contributed by atoms with van der Waals surface area (Å²) in [4.78, 5) is 0. The monoisotopic (exact) mass is 153 g/mol. The molecule has 2 rings (SSSR count). The molecule has 0 unspecified atom stereocenters. The van der Waals surface area contributed by atoms with Crippen LogP contribution >= 0.6 is 0 Å². The molecule has 0 aromatic rings. The van der Waals surface area contributed by atoms with Crippen LogP contribution < -0.4 is 5.32 Å². The molecule has 1 heteroatoms. The van der Waals surface area contributed by atoms with Crippen LogP contribution in [0.5, 0.6) is 0 Å². The molecule has 64 valence electrons. The van der Waals surface area contributed by atoms with Gasteiger partial charge in [-0.25, -0.2) is 0 Å². The lowest BCUT2D eigenvalue weighted by atomic mass is 9.73. The van der Waals surface area contributed by atoms with Gasteiger partial charge in [0, 0.05) is 5.54 Å². The Labute approximate surface area is 69.6 Å². The Kier molecular flexibility index (Phi) is 1.71. The van der Waals surface area contributed by atoms with E-state index in [2.05, 4.69) is 19.2 Å². The molecule has 1 nitrogen and oxygen atoms in total. The molecule has 2 fully saturated rings. The summed E-state index contributed by atoms with van der Waals surface area (Å²) in [6.07, 6.45) is 5.80. The van der Waals surface area contributed by atoms with Gasteiger partial charge in [-0.3, -0.25) is 0 Å². The smallest absolute Gasteiger partial charge is 0.0224 e. The fraction of sp³-hybridized carbons (Fsp3) is 1.00. The van der Waals surface area contributed by atoms with Crippen LogP contribution in [-0.4, -0.2) is 12.1 Å². The Morgan fingerprint density at radius 1 is 1.36 bits per heavy atom. The highest BCUT2D eigenvalue weighted by Gasteiger charge is 2.47. The fourth-order valence-electron chi connectivity index (χ4n) is 3.05. The highest BCUT2D eigenvalue weighted by molar-refractivity contribution is 5.05. The molecule has 0 bridgehead atoms. The van der Waals surface area contributed by atoms with Crippen LogP contribution in [0.2, 0.25) is 0 Å². The predicted octanol–water partition coefficient (Wildman–Crippen LogP) is 2.17. The van der Waals surface area contributed by atoms with E-state index in [1.165, 1.54) is 32.2 Å². The average Bonchev–Trinajstić information content (AvgIpc) is 2.27. The maximum atomic E-state index is 3.65. The Morgan fingerprint density at radius 2 is 2.09 bits per heavy atom. The van der Waals surface area contributed by atoms with Crippen LogP contribution in [0, 0.1) is 11.8 Å². The molecule has 1 spiro atoms. The third-order valence-corrected chi connectivity index (χ3v) is 3.70. The molecule has 1 saturated heterocycles. The predicted molar refractivity (Wildman–Crippen MR) is 47.5 cm³/mol. The lowest BCUT2D eigenvalue weighted by Gasteiger charge is -2.46. The van der Waals surface area contributed by atoms with E-state index in [-0.39, 0.29) is 0 Å². The van der Waals surface area contributed by atoms with Crippen LogP contribution in [-0.2, 0) is 0 Å². The summed E-state index contributed by atoms with van der Waals surface area (Å²) in [6, 6.07) is 0. The zero-order valence-electron chi connectivity index (χ0n) is 7.69. The Bertz CT molecular complexity index is 147. The number of rotatable bonds is 1. The van der Waals surface area contributed by atoms with Crippen LogP contribution in [0.25, 0.3) is 0 Å². The van der Waals surface area contributed by atoms with Crippen molar-refractivity contribution >= 4 is 0 Å². The first-order valence-electron chi connectivity index (χ1n) is 5.00. The molecule has 2 aliphatic rings. The topological polar surface area (TPSA) is 12.0 Å². The quantitative estimate of drug-likeness (QED) is 0.609. The second kappa shape index (κ2) is 2.48. The van der Waals surface area contributed by atoms with Gasteiger partial charge in [-0.2, -0.15) is 0 Å². The Morgan fingerprint density at radius 3 is 2.45 bits per heavy atom. The van der Waals surface area contributed by atoms with Crippen LogP contribution in [0.1, 0.15) is 39.5 Å². The lowest BCUT2D eigenvalue weighted by Crippen LogP contribution is -2.60. The average molecular weight is 153 g/mol. The molecule has 0 amide bonds. The van der Waals surface area contributed by atoms with Crippen molar-refractivity contribution in [3.8, 4) is 0 Å². The molecular formula is C10H19N. The summed E-state index contributed by atoms with van der Waals surface area (Å²) < 4.78 is 0. The second-order valence-electron chi connectivity index (χ2n) is 4.58. The Balaban J connectivity index is 2.07. The fourth-order valence-corrected chi connectivity index (χ4v) is 3.05. The van der Waals surface area contributed by atoms with Crippen molar-refractivity contribution in [2.24, 2.45) is 11.8 Å². The van der Waals surface area contributed by atoms with Crippen molar-refractivity contribution in [3.63, 3.8) is 0 Å². The molecule has 11 heavy (non-hydrogen) atoms. The molecule has 1 N–H and O–H groups in total. The maximum Gasteiger partial charge on any atom is 0.0224 e. The van der Waals surface area contributed by atoms with Crippen molar-refractivity contribution in [1.82, 2.24) is 5.32 Å². The molecule has 2 atom stereocenters. The van der Waals surface area contributed by atoms with E-state index in [0.717, 1.165) is 11.8 Å². The van der Waals surface area contributed by atoms with Gasteiger partial charge in [-0.05, 0) is 37.6 Å². The van der Waals surface area contributed by atoms with Gasteiger partial charge in [-0.1, -0.05) is 20.3 Å². The van der Waals surface area contributed by atoms with Gasteiger partial charge < -0.3 is 5.32 Å². The van der Waals surface area contributed by atoms with Gasteiger partial charge in [-0.15, -0.1) is 0 Å². The molecule has 1 heterocycles. The molecule has 1 aliphatic carbocycles. The normalized spacial score (nSPS) is 43.4. The molecule has 0 aromatic carbocycles. The van der Waals surface area contributed by atoms with E-state index in [4.69, 9.17) is 0 Å². The lowest BCUT2D eigenvalue weighted by molar-refractivity contribution is 0.116. The Hall–Kier alpha value is -0.0400. The minimum atomic E-state index is 0.605. The van der Waals surface area contributed by atoms with Crippen LogP contribution in [0.15, 0.2) is 0 Å². The van der Waals surface area contributed by atoms with Crippen molar-refractivity contribution in [3.05, 3.63) is 0 Å². The van der Waals surface area contributed by atoms with Crippen molar-refractivity contribution in [1.29, 1.82) is 0 Å². The van der Waals surface area contributed by atoms with Crippen molar-refractivity contribution in [2.75, 3.05) is 6.54 Å². The molecule has 0 aromatic heterocycles. The van der Waals surface area contributed by atoms with E-state index in [1.807, 2.05) is 0 Å². The molecule has 0 radical (unpaired) electrons. The van der Waals surface area contributed by atoms with E-state index in [9.17, 15) is 0 Å². The first-order chi connectivity index (χ1) is 5.25. The highest BCUT2D eigenvalue weighted by Crippen LogP contribution is 2.45. The number of hydrogen-bond donors (Lipinski definition) is 1. The van der Waals surface area contributed by atoms with Gasteiger partial charge in [0.25, 0.3) is 0 Å². The van der Waals surface area contributed by atoms with Crippen molar-refractivity contribution < 1.29 is 0 Å². The zero-order valence-corrected chi connectivity index (χ0v) is 7.69. The number of hydrogen-bond acceptors (Lipinski definition) is 1. The van der Waals surface area contributed by atoms with E-state index in [0.29, 0.717) is 5.54 Å². The minimum Gasteiger partial charge on any atom is -0.311 e. The van der Waals surface area contributed by atoms with E-state index in [1.54, 1.807) is 0 Å². The van der Waals surface area contributed by atoms with Gasteiger partial charge in [0.1, 0.15) is 0 Å². The SMILES string of the molecule is CC(C)[C@H]1CCC[C@@]12CCN2. The van der Waals surface area contributed by atoms with Crippen LogP contribution in [0.4, 0.5) is 0 Å². The summed E-state index contributed by atoms with van der Waals surface area (Å²) in [6.45, 7) is 6.01. The first kappa shape index (κ1) is 7.60. The zero-order chi connectivity index (χ0) is 7.90. The van der Waals surface area contributed by atoms with E-state index >= 15 is 0 Å². The summed E-state index contributed by atoms with van der Waals surface area (Å²) in [5.74, 6) is 1.85. The molecule has 1 saturated carbocycles. The molecule has 1 aliphatic heterocycles. The molecular weight excluding hydrogens is 134 g/mol. The minimum absolute atomic E-state index is 0.605. The van der Waals surface area contributed by atoms with Gasteiger partial charge >= 0.3 is 0 Å². The first-order valence-corrected chi connectivity index (χ1v) is 5.00. The summed E-state index contributed by atoms with van der Waals surface area (Å²) >= 11 is 0. The van der Waals surface area contributed by atoms with E-state index < -0.39 is 0 Å². The standard InChI is InChI=1S/C10H19N/c1-8(2)9-4-3-5-10(9)6-7-11-10/h8-9,11H,3-7H2,1-2H3/t9-,10-/m1/s1. The van der Waals surface area contributed by atoms with Crippen LogP contribution in [0.3, 0.4) is 0 Å². The van der Waals surface area contributed by atoms with Gasteiger partial charge in [0.15, 0.2) is 0 Å². The highest BCUT2D eigenvalue weighted by atomic mass is 15.1. The largest absolute Gasteiger partial charge is 0.311 e. The second-order valence-corrected chi connectivity index (χ2v) is 4.58. The van der Waals surface area contributed by atoms with Gasteiger partial charge in [0.2, 0.25) is 0 Å². The summed E-state index contributed by atoms with van der Waals surface area (Å²) in [5.41, 5.74) is 0.605. The van der Waals surface area contributed by atoms with Crippen molar-refractivity contribution in [2.45, 2.75) is 45.1 Å². The maximum absolute atomic E-state index is 3.65. The summed E-state index contributed by atoms with van der Waals surface area (Å²) in [7, 11) is 0. The number of nitrogens with one attached hydrogen (secondary N) is 1. The van der Waals surface area contributed by atoms with Gasteiger partial charge in [0.05, 0.1) is 0 Å². The summed E-state index contributed by atoms with van der Waals surface area (Å²) in [5, 5.41) is 3.65. The third-order valence-electron chi connectivity index (χ3n) is 3.70. The third kappa shape index (κ3) is 1.01.